The molecule has 2 aromatic carbocycles. The van der Waals surface area contributed by atoms with Gasteiger partial charge in [-0.05, 0) is 41.3 Å². The topological polar surface area (TPSA) is 18.5 Å². The summed E-state index contributed by atoms with van der Waals surface area (Å²) in [5.74, 6) is 0.494. The van der Waals surface area contributed by atoms with Gasteiger partial charge in [-0.2, -0.15) is 0 Å². The lowest BCUT2D eigenvalue weighted by Gasteiger charge is -2.17. The van der Waals surface area contributed by atoms with E-state index in [1.165, 1.54) is 12.1 Å². The molecule has 122 valence electrons. The Hall–Kier alpha value is -2.36. The van der Waals surface area contributed by atoms with Gasteiger partial charge < -0.3 is 9.47 Å². The van der Waals surface area contributed by atoms with Crippen LogP contribution in [0.3, 0.4) is 0 Å². The molecule has 0 N–H and O–H groups in total. The first kappa shape index (κ1) is 17.0. The molecule has 0 aliphatic rings. The molecule has 0 spiro atoms. The van der Waals surface area contributed by atoms with E-state index < -0.39 is 11.6 Å². The second-order valence-electron chi connectivity index (χ2n) is 5.53. The summed E-state index contributed by atoms with van der Waals surface area (Å²) in [6.45, 7) is 4.12. The summed E-state index contributed by atoms with van der Waals surface area (Å²) < 4.78 is 37.3. The minimum absolute atomic E-state index is 0.246. The second-order valence-corrected chi connectivity index (χ2v) is 5.53. The Labute approximate surface area is 135 Å². The molecular formula is C19H20F2O2. The third-order valence-corrected chi connectivity index (χ3v) is 3.50. The molecule has 0 saturated carbocycles. The fraction of sp³-hybridized carbons (Fsp3) is 0.263. The predicted molar refractivity (Wildman–Crippen MR) is 88.9 cm³/mol. The highest BCUT2D eigenvalue weighted by Crippen LogP contribution is 2.36. The van der Waals surface area contributed by atoms with Crippen molar-refractivity contribution in [1.82, 2.24) is 0 Å². The summed E-state index contributed by atoms with van der Waals surface area (Å²) in [6.07, 6.45) is 3.42. The Balaban J connectivity index is 2.41. The number of methoxy groups -OCH3 is 2. The molecule has 2 aromatic rings. The molecule has 23 heavy (non-hydrogen) atoms. The Morgan fingerprint density at radius 3 is 1.61 bits per heavy atom. The molecule has 0 heterocycles. The first-order valence-corrected chi connectivity index (χ1v) is 7.34. The van der Waals surface area contributed by atoms with Gasteiger partial charge in [0.05, 0.1) is 14.2 Å². The minimum Gasteiger partial charge on any atom is -0.496 e. The van der Waals surface area contributed by atoms with Crippen LogP contribution in [-0.2, 0) is 0 Å². The van der Waals surface area contributed by atoms with E-state index in [2.05, 4.69) is 13.8 Å². The van der Waals surface area contributed by atoms with Crippen LogP contribution in [-0.4, -0.2) is 14.2 Å². The highest BCUT2D eigenvalue weighted by molar-refractivity contribution is 5.72. The maximum atomic E-state index is 13.2. The predicted octanol–water partition coefficient (Wildman–Crippen LogP) is 5.28. The number of ether oxygens (including phenoxy) is 2. The van der Waals surface area contributed by atoms with E-state index in [0.717, 1.165) is 28.7 Å². The van der Waals surface area contributed by atoms with Crippen LogP contribution in [0.25, 0.3) is 12.2 Å². The number of rotatable bonds is 5. The van der Waals surface area contributed by atoms with Crippen molar-refractivity contribution in [3.8, 4) is 11.5 Å². The Morgan fingerprint density at radius 2 is 1.22 bits per heavy atom. The monoisotopic (exact) mass is 318 g/mol. The van der Waals surface area contributed by atoms with Gasteiger partial charge in [0.1, 0.15) is 23.1 Å². The number of hydrogen-bond donors (Lipinski definition) is 0. The molecule has 0 atom stereocenters. The van der Waals surface area contributed by atoms with Gasteiger partial charge in [-0.15, -0.1) is 0 Å². The van der Waals surface area contributed by atoms with Gasteiger partial charge in [-0.25, -0.2) is 8.78 Å². The first-order chi connectivity index (χ1) is 10.9. The summed E-state index contributed by atoms with van der Waals surface area (Å²) >= 11 is 0. The molecule has 0 fully saturated rings. The molecule has 0 bridgehead atoms. The van der Waals surface area contributed by atoms with Gasteiger partial charge in [-0.1, -0.05) is 26.0 Å². The van der Waals surface area contributed by atoms with Gasteiger partial charge in [0.25, 0.3) is 0 Å². The maximum Gasteiger partial charge on any atom is 0.126 e. The number of hydrogen-bond acceptors (Lipinski definition) is 2. The lowest BCUT2D eigenvalue weighted by molar-refractivity contribution is 0.382. The van der Waals surface area contributed by atoms with Crippen LogP contribution in [0.1, 0.15) is 36.5 Å². The van der Waals surface area contributed by atoms with E-state index in [0.29, 0.717) is 5.56 Å². The van der Waals surface area contributed by atoms with Crippen LogP contribution in [0.5, 0.6) is 11.5 Å². The maximum absolute atomic E-state index is 13.2. The second kappa shape index (κ2) is 7.27. The molecule has 2 rings (SSSR count). The standard InChI is InChI=1S/C19H20F2O2/c1-12(2)19-17(22-3)9-14(10-18(19)23-4)6-5-13-7-15(20)11-16(21)8-13/h5-12H,1-4H3/b6-5+. The normalized spacial score (nSPS) is 11.3. The molecule has 0 amide bonds. The van der Waals surface area contributed by atoms with Crippen molar-refractivity contribution in [2.24, 2.45) is 0 Å². The fourth-order valence-electron chi connectivity index (χ4n) is 2.49. The zero-order valence-electron chi connectivity index (χ0n) is 13.7. The molecule has 0 aliphatic heterocycles. The molecule has 4 heteroatoms. The van der Waals surface area contributed by atoms with Crippen LogP contribution in [0.2, 0.25) is 0 Å². The summed E-state index contributed by atoms with van der Waals surface area (Å²) in [5.41, 5.74) is 2.27. The highest BCUT2D eigenvalue weighted by Gasteiger charge is 2.14. The SMILES string of the molecule is COc1cc(/C=C/c2cc(F)cc(F)c2)cc(OC)c1C(C)C. The van der Waals surface area contributed by atoms with Crippen molar-refractivity contribution >= 4 is 12.2 Å². The average molecular weight is 318 g/mol. The lowest BCUT2D eigenvalue weighted by Crippen LogP contribution is -1.99. The highest BCUT2D eigenvalue weighted by atomic mass is 19.1. The Bertz CT molecular complexity index is 676. The molecular weight excluding hydrogens is 298 g/mol. The number of halogens is 2. The van der Waals surface area contributed by atoms with Crippen LogP contribution in [0.4, 0.5) is 8.78 Å². The molecule has 0 aromatic heterocycles. The summed E-state index contributed by atoms with van der Waals surface area (Å²) in [4.78, 5) is 0. The van der Waals surface area contributed by atoms with E-state index >= 15 is 0 Å². The summed E-state index contributed by atoms with van der Waals surface area (Å²) in [7, 11) is 3.21. The van der Waals surface area contributed by atoms with E-state index in [4.69, 9.17) is 9.47 Å². The Morgan fingerprint density at radius 1 is 0.783 bits per heavy atom. The van der Waals surface area contributed by atoms with Crippen LogP contribution in [0, 0.1) is 11.6 Å². The lowest BCUT2D eigenvalue weighted by atomic mass is 9.98. The van der Waals surface area contributed by atoms with E-state index in [1.54, 1.807) is 26.4 Å². The first-order valence-electron chi connectivity index (χ1n) is 7.34. The number of benzene rings is 2. The van der Waals surface area contributed by atoms with Gasteiger partial charge in [0.2, 0.25) is 0 Å². The molecule has 0 aliphatic carbocycles. The van der Waals surface area contributed by atoms with Crippen molar-refractivity contribution in [2.75, 3.05) is 14.2 Å². The van der Waals surface area contributed by atoms with Crippen LogP contribution in [0.15, 0.2) is 30.3 Å². The van der Waals surface area contributed by atoms with Gasteiger partial charge >= 0.3 is 0 Å². The van der Waals surface area contributed by atoms with Crippen molar-refractivity contribution < 1.29 is 18.3 Å². The van der Waals surface area contributed by atoms with Gasteiger partial charge in [0.15, 0.2) is 0 Å². The van der Waals surface area contributed by atoms with Crippen molar-refractivity contribution in [2.45, 2.75) is 19.8 Å². The van der Waals surface area contributed by atoms with Crippen molar-refractivity contribution in [3.63, 3.8) is 0 Å². The Kier molecular flexibility index (Phi) is 5.37. The summed E-state index contributed by atoms with van der Waals surface area (Å²) in [5, 5.41) is 0. The minimum atomic E-state index is -0.602. The zero-order chi connectivity index (χ0) is 17.0. The van der Waals surface area contributed by atoms with Crippen LogP contribution >= 0.6 is 0 Å². The van der Waals surface area contributed by atoms with Gasteiger partial charge in [-0.3, -0.25) is 0 Å². The molecule has 0 saturated heterocycles. The quantitative estimate of drug-likeness (QED) is 0.699. The molecule has 0 unspecified atom stereocenters. The van der Waals surface area contributed by atoms with Gasteiger partial charge in [0, 0.05) is 11.6 Å². The largest absolute Gasteiger partial charge is 0.496 e. The zero-order valence-corrected chi connectivity index (χ0v) is 13.7. The fourth-order valence-corrected chi connectivity index (χ4v) is 2.49. The van der Waals surface area contributed by atoms with Crippen molar-refractivity contribution in [1.29, 1.82) is 0 Å². The summed E-state index contributed by atoms with van der Waals surface area (Å²) in [6, 6.07) is 7.15. The van der Waals surface area contributed by atoms with E-state index in [9.17, 15) is 8.78 Å². The third kappa shape index (κ3) is 4.09. The third-order valence-electron chi connectivity index (χ3n) is 3.50. The molecule has 2 nitrogen and oxygen atoms in total. The average Bonchev–Trinajstić information content (AvgIpc) is 2.50. The molecule has 0 radical (unpaired) electrons. The van der Waals surface area contributed by atoms with E-state index in [-0.39, 0.29) is 5.92 Å². The van der Waals surface area contributed by atoms with Crippen molar-refractivity contribution in [3.05, 3.63) is 58.7 Å². The van der Waals surface area contributed by atoms with E-state index in [1.807, 2.05) is 12.1 Å². The van der Waals surface area contributed by atoms with Crippen LogP contribution < -0.4 is 9.47 Å². The smallest absolute Gasteiger partial charge is 0.126 e.